The van der Waals surface area contributed by atoms with Crippen LogP contribution in [0.4, 0.5) is 0 Å². The predicted octanol–water partition coefficient (Wildman–Crippen LogP) is 3.29. The second kappa shape index (κ2) is 5.93. The Balaban J connectivity index is 1.90. The van der Waals surface area contributed by atoms with E-state index in [0.29, 0.717) is 23.8 Å². The van der Waals surface area contributed by atoms with Gasteiger partial charge >= 0.3 is 5.97 Å². The minimum absolute atomic E-state index is 0.230. The minimum atomic E-state index is -0.801. The molecule has 1 aliphatic carbocycles. The Morgan fingerprint density at radius 1 is 1.47 bits per heavy atom. The molecule has 3 nitrogen and oxygen atoms in total. The lowest BCUT2D eigenvalue weighted by atomic mass is 9.78. The van der Waals surface area contributed by atoms with Crippen LogP contribution in [0.1, 0.15) is 38.2 Å². The summed E-state index contributed by atoms with van der Waals surface area (Å²) in [6.45, 7) is 2.42. The largest absolute Gasteiger partial charge is 0.459 e. The molecule has 104 valence electrons. The van der Waals surface area contributed by atoms with Crippen molar-refractivity contribution in [3.63, 3.8) is 0 Å². The van der Waals surface area contributed by atoms with E-state index in [-0.39, 0.29) is 12.6 Å². The lowest BCUT2D eigenvalue weighted by Gasteiger charge is -2.33. The fraction of sp³-hybridized carbons (Fsp3) is 0.533. The zero-order valence-corrected chi connectivity index (χ0v) is 12.0. The summed E-state index contributed by atoms with van der Waals surface area (Å²) < 4.78 is 5.34. The molecule has 2 N–H and O–H groups in total. The van der Waals surface area contributed by atoms with Crippen molar-refractivity contribution >= 4 is 17.6 Å². The molecule has 0 atom stereocenters. The summed E-state index contributed by atoms with van der Waals surface area (Å²) >= 11 is 5.89. The molecular formula is C15H20ClNO2. The molecule has 0 spiro atoms. The molecule has 1 fully saturated rings. The van der Waals surface area contributed by atoms with Crippen LogP contribution in [-0.4, -0.2) is 11.5 Å². The average molecular weight is 282 g/mol. The van der Waals surface area contributed by atoms with E-state index >= 15 is 0 Å². The van der Waals surface area contributed by atoms with E-state index in [9.17, 15) is 4.79 Å². The van der Waals surface area contributed by atoms with Gasteiger partial charge in [-0.3, -0.25) is 4.79 Å². The molecule has 0 aromatic heterocycles. The lowest BCUT2D eigenvalue weighted by Crippen LogP contribution is -2.51. The van der Waals surface area contributed by atoms with Gasteiger partial charge in [-0.25, -0.2) is 0 Å². The number of hydrogen-bond acceptors (Lipinski definition) is 3. The topological polar surface area (TPSA) is 52.3 Å². The van der Waals surface area contributed by atoms with Crippen molar-refractivity contribution in [2.75, 3.05) is 0 Å². The van der Waals surface area contributed by atoms with Gasteiger partial charge in [-0.05, 0) is 49.3 Å². The fourth-order valence-corrected chi connectivity index (χ4v) is 2.61. The molecule has 0 bridgehead atoms. The number of nitrogens with two attached hydrogens (primary N) is 1. The molecular weight excluding hydrogens is 262 g/mol. The predicted molar refractivity (Wildman–Crippen MR) is 75.8 cm³/mol. The maximum atomic E-state index is 12.1. The SMILES string of the molecule is CC1CCC(N)(C(=O)OCc2cccc(Cl)c2)CC1. The summed E-state index contributed by atoms with van der Waals surface area (Å²) in [6.07, 6.45) is 3.40. The van der Waals surface area contributed by atoms with Gasteiger partial charge in [-0.2, -0.15) is 0 Å². The third-order valence-electron chi connectivity index (χ3n) is 3.83. The van der Waals surface area contributed by atoms with Crippen LogP contribution in [0.5, 0.6) is 0 Å². The number of rotatable bonds is 3. The minimum Gasteiger partial charge on any atom is -0.459 e. The van der Waals surface area contributed by atoms with Crippen LogP contribution < -0.4 is 5.73 Å². The summed E-state index contributed by atoms with van der Waals surface area (Å²) in [7, 11) is 0. The van der Waals surface area contributed by atoms with E-state index in [1.165, 1.54) is 0 Å². The van der Waals surface area contributed by atoms with Crippen molar-refractivity contribution in [3.05, 3.63) is 34.9 Å². The van der Waals surface area contributed by atoms with E-state index < -0.39 is 5.54 Å². The zero-order chi connectivity index (χ0) is 13.9. The van der Waals surface area contributed by atoms with Crippen molar-refractivity contribution < 1.29 is 9.53 Å². The van der Waals surface area contributed by atoms with Crippen molar-refractivity contribution in [1.29, 1.82) is 0 Å². The zero-order valence-electron chi connectivity index (χ0n) is 11.2. The maximum Gasteiger partial charge on any atom is 0.326 e. The van der Waals surface area contributed by atoms with E-state index in [1.807, 2.05) is 12.1 Å². The first-order chi connectivity index (χ1) is 8.99. The number of hydrogen-bond donors (Lipinski definition) is 1. The normalized spacial score (nSPS) is 27.0. The smallest absolute Gasteiger partial charge is 0.326 e. The van der Waals surface area contributed by atoms with E-state index in [0.717, 1.165) is 18.4 Å². The molecule has 1 aromatic carbocycles. The van der Waals surface area contributed by atoms with Crippen molar-refractivity contribution in [3.8, 4) is 0 Å². The highest BCUT2D eigenvalue weighted by atomic mass is 35.5. The maximum absolute atomic E-state index is 12.1. The van der Waals surface area contributed by atoms with Gasteiger partial charge in [-0.1, -0.05) is 30.7 Å². The van der Waals surface area contributed by atoms with E-state index in [4.69, 9.17) is 22.1 Å². The molecule has 1 saturated carbocycles. The van der Waals surface area contributed by atoms with Gasteiger partial charge in [0, 0.05) is 5.02 Å². The standard InChI is InChI=1S/C15H20ClNO2/c1-11-5-7-15(17,8-6-11)14(18)19-10-12-3-2-4-13(16)9-12/h2-4,9,11H,5-8,10,17H2,1H3. The van der Waals surface area contributed by atoms with Crippen LogP contribution in [0.25, 0.3) is 0 Å². The first-order valence-electron chi connectivity index (χ1n) is 6.70. The van der Waals surface area contributed by atoms with E-state index in [2.05, 4.69) is 6.92 Å². The Morgan fingerprint density at radius 3 is 2.79 bits per heavy atom. The van der Waals surface area contributed by atoms with Gasteiger partial charge in [0.2, 0.25) is 0 Å². The first kappa shape index (κ1) is 14.4. The van der Waals surface area contributed by atoms with Gasteiger partial charge in [0.1, 0.15) is 12.1 Å². The fourth-order valence-electron chi connectivity index (χ4n) is 2.40. The Bertz CT molecular complexity index is 453. The summed E-state index contributed by atoms with van der Waals surface area (Å²) in [5.74, 6) is 0.358. The molecule has 0 saturated heterocycles. The summed E-state index contributed by atoms with van der Waals surface area (Å²) in [4.78, 5) is 12.1. The monoisotopic (exact) mass is 281 g/mol. The quantitative estimate of drug-likeness (QED) is 0.865. The average Bonchev–Trinajstić information content (AvgIpc) is 2.40. The van der Waals surface area contributed by atoms with Gasteiger partial charge in [-0.15, -0.1) is 0 Å². The van der Waals surface area contributed by atoms with E-state index in [1.54, 1.807) is 12.1 Å². The highest BCUT2D eigenvalue weighted by Gasteiger charge is 2.38. The lowest BCUT2D eigenvalue weighted by molar-refractivity contribution is -0.153. The number of esters is 1. The Hall–Kier alpha value is -1.06. The van der Waals surface area contributed by atoms with Crippen molar-refractivity contribution in [2.45, 2.75) is 44.8 Å². The third-order valence-corrected chi connectivity index (χ3v) is 4.07. The number of benzene rings is 1. The molecule has 4 heteroatoms. The molecule has 0 amide bonds. The Labute approximate surface area is 119 Å². The van der Waals surface area contributed by atoms with Crippen LogP contribution >= 0.6 is 11.6 Å². The number of halogens is 1. The molecule has 0 aliphatic heterocycles. The van der Waals surface area contributed by atoms with Gasteiger partial charge in [0.15, 0.2) is 0 Å². The number of ether oxygens (including phenoxy) is 1. The molecule has 2 rings (SSSR count). The van der Waals surface area contributed by atoms with Gasteiger partial charge in [0.05, 0.1) is 0 Å². The summed E-state index contributed by atoms with van der Waals surface area (Å²) in [6, 6.07) is 7.30. The van der Waals surface area contributed by atoms with Crippen molar-refractivity contribution in [1.82, 2.24) is 0 Å². The highest BCUT2D eigenvalue weighted by Crippen LogP contribution is 2.31. The van der Waals surface area contributed by atoms with Crippen LogP contribution in [0.3, 0.4) is 0 Å². The highest BCUT2D eigenvalue weighted by molar-refractivity contribution is 6.30. The summed E-state index contributed by atoms with van der Waals surface area (Å²) in [5, 5.41) is 0.641. The second-order valence-corrected chi connectivity index (χ2v) is 5.98. The third kappa shape index (κ3) is 3.71. The molecule has 0 heterocycles. The van der Waals surface area contributed by atoms with Crippen LogP contribution in [0.15, 0.2) is 24.3 Å². The molecule has 19 heavy (non-hydrogen) atoms. The number of carbonyl (C=O) groups is 1. The number of carbonyl (C=O) groups excluding carboxylic acids is 1. The summed E-state index contributed by atoms with van der Waals surface area (Å²) in [5.41, 5.74) is 6.24. The molecule has 1 aliphatic rings. The van der Waals surface area contributed by atoms with Crippen LogP contribution in [0, 0.1) is 5.92 Å². The van der Waals surface area contributed by atoms with Crippen LogP contribution in [-0.2, 0) is 16.1 Å². The molecule has 1 aromatic rings. The Morgan fingerprint density at radius 2 is 2.16 bits per heavy atom. The molecule has 0 unspecified atom stereocenters. The first-order valence-corrected chi connectivity index (χ1v) is 7.08. The molecule has 0 radical (unpaired) electrons. The van der Waals surface area contributed by atoms with Crippen molar-refractivity contribution in [2.24, 2.45) is 11.7 Å². The van der Waals surface area contributed by atoms with Crippen LogP contribution in [0.2, 0.25) is 5.02 Å². The van der Waals surface area contributed by atoms with Gasteiger partial charge in [0.25, 0.3) is 0 Å². The van der Waals surface area contributed by atoms with Gasteiger partial charge < -0.3 is 10.5 Å². The second-order valence-electron chi connectivity index (χ2n) is 5.54. The Kier molecular flexibility index (Phi) is 4.48.